The molecule has 0 unspecified atom stereocenters. The molecule has 3 atom stereocenters. The van der Waals surface area contributed by atoms with Crippen LogP contribution >= 0.6 is 11.3 Å². The van der Waals surface area contributed by atoms with Gasteiger partial charge in [-0.05, 0) is 65.9 Å². The normalized spacial score (nSPS) is 20.3. The van der Waals surface area contributed by atoms with Gasteiger partial charge in [-0.25, -0.2) is 4.39 Å². The van der Waals surface area contributed by atoms with E-state index in [1.165, 1.54) is 16.8 Å². The number of allylic oxidation sites excluding steroid dienone is 1. The lowest BCUT2D eigenvalue weighted by molar-refractivity contribution is -0.166. The van der Waals surface area contributed by atoms with E-state index in [0.717, 1.165) is 16.5 Å². The van der Waals surface area contributed by atoms with Crippen LogP contribution in [0.15, 0.2) is 65.7 Å². The third-order valence-corrected chi connectivity index (χ3v) is 6.85. The molecule has 0 spiro atoms. The molecule has 1 aliphatic rings. The maximum Gasteiger partial charge on any atom is 0.286 e. The Balaban J connectivity index is 1.64. The monoisotopic (exact) mass is 469 g/mol. The van der Waals surface area contributed by atoms with Crippen LogP contribution < -0.4 is 5.32 Å². The van der Waals surface area contributed by atoms with Gasteiger partial charge in [-0.3, -0.25) is 4.79 Å². The maximum atomic E-state index is 13.2. The highest BCUT2D eigenvalue weighted by Crippen LogP contribution is 2.43. The molecule has 3 aromatic rings. The number of fused-ring (bicyclic) bond motifs is 1. The Morgan fingerprint density at radius 2 is 2.00 bits per heavy atom. The lowest BCUT2D eigenvalue weighted by Gasteiger charge is -2.36. The first-order chi connectivity index (χ1) is 16.1. The molecule has 0 fully saturated rings. The third kappa shape index (κ3) is 5.43. The van der Waals surface area contributed by atoms with Gasteiger partial charge in [0.2, 0.25) is 6.29 Å². The van der Waals surface area contributed by atoms with Crippen molar-refractivity contribution in [2.45, 2.75) is 38.5 Å². The molecule has 1 aliphatic heterocycles. The number of hydrogen-bond donors (Lipinski definition) is 2. The summed E-state index contributed by atoms with van der Waals surface area (Å²) in [4.78, 5) is 13.0. The Morgan fingerprint density at radius 1 is 1.21 bits per heavy atom. The summed E-state index contributed by atoms with van der Waals surface area (Å²) in [5.74, 6) is -0.568. The van der Waals surface area contributed by atoms with Crippen molar-refractivity contribution in [1.82, 2.24) is 5.32 Å². The SMILES string of the molecule is CCO[C@@H]1OC(C(=O)NCc2ccc(F)cc2)=C[C@H](c2csc3ccccc23)[C@@H]1CCCO. The summed E-state index contributed by atoms with van der Waals surface area (Å²) in [6.45, 7) is 2.69. The Labute approximate surface area is 196 Å². The number of halogens is 1. The van der Waals surface area contributed by atoms with Crippen molar-refractivity contribution >= 4 is 27.3 Å². The van der Waals surface area contributed by atoms with E-state index in [4.69, 9.17) is 9.47 Å². The van der Waals surface area contributed by atoms with E-state index in [-0.39, 0.29) is 42.5 Å². The number of thiophene rings is 1. The molecule has 7 heteroatoms. The highest BCUT2D eigenvalue weighted by molar-refractivity contribution is 7.17. The molecule has 0 saturated heterocycles. The number of ether oxygens (including phenoxy) is 2. The minimum Gasteiger partial charge on any atom is -0.459 e. The van der Waals surface area contributed by atoms with Crippen molar-refractivity contribution in [3.63, 3.8) is 0 Å². The number of amides is 1. The summed E-state index contributed by atoms with van der Waals surface area (Å²) in [5.41, 5.74) is 1.93. The van der Waals surface area contributed by atoms with E-state index in [9.17, 15) is 14.3 Å². The highest BCUT2D eigenvalue weighted by Gasteiger charge is 2.38. The van der Waals surface area contributed by atoms with Crippen LogP contribution in [0.5, 0.6) is 0 Å². The van der Waals surface area contributed by atoms with Crippen molar-refractivity contribution in [2.24, 2.45) is 5.92 Å². The Hall–Kier alpha value is -2.74. The first-order valence-corrected chi connectivity index (χ1v) is 12.1. The summed E-state index contributed by atoms with van der Waals surface area (Å²) in [6, 6.07) is 14.2. The molecule has 0 saturated carbocycles. The lowest BCUT2D eigenvalue weighted by Crippen LogP contribution is -2.38. The maximum absolute atomic E-state index is 13.2. The molecule has 174 valence electrons. The largest absolute Gasteiger partial charge is 0.459 e. The van der Waals surface area contributed by atoms with Crippen LogP contribution in [0.25, 0.3) is 10.1 Å². The Morgan fingerprint density at radius 3 is 2.76 bits per heavy atom. The quantitative estimate of drug-likeness (QED) is 0.457. The minimum atomic E-state index is -0.596. The predicted octanol–water partition coefficient (Wildman–Crippen LogP) is 5.11. The standard InChI is InChI=1S/C26H28FNO4S/c1-2-31-26-20(7-5-13-29)21(22-16-33-24-8-4-3-6-19(22)24)14-23(32-26)25(30)28-15-17-9-11-18(27)12-10-17/h3-4,6,8-12,14,16,20-21,26,29H,2,5,7,13,15H2,1H3,(H,28,30)/t20-,21-,26+/m0/s1. The topological polar surface area (TPSA) is 67.8 Å². The van der Waals surface area contributed by atoms with E-state index in [0.29, 0.717) is 19.4 Å². The fourth-order valence-electron chi connectivity index (χ4n) is 4.25. The summed E-state index contributed by atoms with van der Waals surface area (Å²) in [6.07, 6.45) is 2.61. The fourth-order valence-corrected chi connectivity index (χ4v) is 5.26. The van der Waals surface area contributed by atoms with Crippen LogP contribution in [0, 0.1) is 11.7 Å². The van der Waals surface area contributed by atoms with Gasteiger partial charge in [-0.1, -0.05) is 30.3 Å². The molecule has 33 heavy (non-hydrogen) atoms. The number of aliphatic hydroxyl groups is 1. The van der Waals surface area contributed by atoms with Gasteiger partial charge in [0.15, 0.2) is 5.76 Å². The second-order valence-corrected chi connectivity index (χ2v) is 8.94. The van der Waals surface area contributed by atoms with Crippen molar-refractivity contribution in [2.75, 3.05) is 13.2 Å². The molecular formula is C26H28FNO4S. The number of carbonyl (C=O) groups is 1. The molecule has 2 aromatic carbocycles. The Bertz CT molecular complexity index is 1110. The highest BCUT2D eigenvalue weighted by atomic mass is 32.1. The van der Waals surface area contributed by atoms with Crippen LogP contribution in [-0.2, 0) is 20.8 Å². The fraction of sp³-hybridized carbons (Fsp3) is 0.346. The second kappa shape index (κ2) is 10.9. The van der Waals surface area contributed by atoms with Crippen molar-refractivity contribution in [1.29, 1.82) is 0 Å². The molecule has 4 rings (SSSR count). The summed E-state index contributed by atoms with van der Waals surface area (Å²) >= 11 is 1.67. The van der Waals surface area contributed by atoms with Gasteiger partial charge in [-0.2, -0.15) is 0 Å². The molecule has 5 nitrogen and oxygen atoms in total. The third-order valence-electron chi connectivity index (χ3n) is 5.87. The van der Waals surface area contributed by atoms with Gasteiger partial charge < -0.3 is 19.9 Å². The zero-order chi connectivity index (χ0) is 23.2. The van der Waals surface area contributed by atoms with E-state index in [2.05, 4.69) is 22.8 Å². The summed E-state index contributed by atoms with van der Waals surface area (Å²) in [7, 11) is 0. The van der Waals surface area contributed by atoms with E-state index >= 15 is 0 Å². The van der Waals surface area contributed by atoms with Gasteiger partial charge in [0.1, 0.15) is 5.82 Å². The first-order valence-electron chi connectivity index (χ1n) is 11.2. The molecule has 0 aliphatic carbocycles. The number of aliphatic hydroxyl groups excluding tert-OH is 1. The van der Waals surface area contributed by atoms with Gasteiger partial charge >= 0.3 is 0 Å². The molecule has 0 bridgehead atoms. The van der Waals surface area contributed by atoms with Crippen LogP contribution in [0.1, 0.15) is 36.8 Å². The van der Waals surface area contributed by atoms with Crippen LogP contribution in [0.4, 0.5) is 4.39 Å². The average Bonchev–Trinajstić information content (AvgIpc) is 3.26. The molecule has 2 heterocycles. The zero-order valence-electron chi connectivity index (χ0n) is 18.5. The van der Waals surface area contributed by atoms with E-state index in [1.54, 1.807) is 23.5 Å². The van der Waals surface area contributed by atoms with Gasteiger partial charge in [0, 0.05) is 36.3 Å². The second-order valence-electron chi connectivity index (χ2n) is 8.02. The Kier molecular flexibility index (Phi) is 7.75. The number of hydrogen-bond acceptors (Lipinski definition) is 5. The van der Waals surface area contributed by atoms with E-state index < -0.39 is 6.29 Å². The van der Waals surface area contributed by atoms with E-state index in [1.807, 2.05) is 25.1 Å². The minimum absolute atomic E-state index is 0.0382. The van der Waals surface area contributed by atoms with Gasteiger partial charge in [0.05, 0.1) is 0 Å². The van der Waals surface area contributed by atoms with Crippen molar-refractivity contribution in [3.05, 3.63) is 82.7 Å². The molecule has 2 N–H and O–H groups in total. The average molecular weight is 470 g/mol. The number of benzene rings is 2. The molecule has 1 aromatic heterocycles. The van der Waals surface area contributed by atoms with Crippen molar-refractivity contribution < 1.29 is 23.8 Å². The van der Waals surface area contributed by atoms with Gasteiger partial charge in [0.25, 0.3) is 5.91 Å². The number of carbonyl (C=O) groups excluding carboxylic acids is 1. The van der Waals surface area contributed by atoms with Crippen molar-refractivity contribution in [3.8, 4) is 0 Å². The van der Waals surface area contributed by atoms with Crippen LogP contribution in [0.2, 0.25) is 0 Å². The first kappa shape index (κ1) is 23.4. The summed E-state index contributed by atoms with van der Waals surface area (Å²) in [5, 5.41) is 15.6. The zero-order valence-corrected chi connectivity index (χ0v) is 19.3. The molecule has 0 radical (unpaired) electrons. The smallest absolute Gasteiger partial charge is 0.286 e. The van der Waals surface area contributed by atoms with Gasteiger partial charge in [-0.15, -0.1) is 11.3 Å². The lowest BCUT2D eigenvalue weighted by atomic mass is 9.80. The predicted molar refractivity (Wildman–Crippen MR) is 127 cm³/mol. The summed E-state index contributed by atoms with van der Waals surface area (Å²) < 4.78 is 26.3. The van der Waals surface area contributed by atoms with Crippen LogP contribution in [0.3, 0.4) is 0 Å². The number of nitrogens with one attached hydrogen (secondary N) is 1. The number of rotatable bonds is 9. The molecule has 1 amide bonds. The van der Waals surface area contributed by atoms with Crippen LogP contribution in [-0.4, -0.2) is 30.5 Å². The molecular weight excluding hydrogens is 441 g/mol.